The predicted octanol–water partition coefficient (Wildman–Crippen LogP) is 2.44. The molecule has 1 aliphatic rings. The Balaban J connectivity index is 2.49. The van der Waals surface area contributed by atoms with Crippen molar-refractivity contribution in [1.29, 1.82) is 0 Å². The Kier molecular flexibility index (Phi) is 4.70. The van der Waals surface area contributed by atoms with E-state index in [1.54, 1.807) is 0 Å². The number of aliphatic hydroxyl groups is 1. The molecule has 21 heavy (non-hydrogen) atoms. The van der Waals surface area contributed by atoms with Crippen molar-refractivity contribution in [3.63, 3.8) is 0 Å². The number of hydrogen-bond acceptors (Lipinski definition) is 3. The van der Waals surface area contributed by atoms with Gasteiger partial charge in [-0.25, -0.2) is 12.8 Å². The van der Waals surface area contributed by atoms with Crippen LogP contribution in [0.1, 0.15) is 37.8 Å². The molecule has 2 rings (SSSR count). The van der Waals surface area contributed by atoms with E-state index in [0.717, 1.165) is 12.8 Å². The number of rotatable bonds is 6. The molecule has 1 aliphatic carbocycles. The van der Waals surface area contributed by atoms with Gasteiger partial charge in [0.1, 0.15) is 5.82 Å². The summed E-state index contributed by atoms with van der Waals surface area (Å²) in [4.78, 5) is -0.0286. The van der Waals surface area contributed by atoms with Crippen LogP contribution in [0.25, 0.3) is 0 Å². The first-order valence-electron chi connectivity index (χ1n) is 7.19. The van der Waals surface area contributed by atoms with E-state index < -0.39 is 15.8 Å². The van der Waals surface area contributed by atoms with E-state index in [-0.39, 0.29) is 34.6 Å². The fourth-order valence-corrected chi connectivity index (χ4v) is 4.49. The van der Waals surface area contributed by atoms with E-state index >= 15 is 0 Å². The van der Waals surface area contributed by atoms with Crippen molar-refractivity contribution in [3.8, 4) is 0 Å². The minimum atomic E-state index is -3.74. The molecule has 0 bridgehead atoms. The average Bonchev–Trinajstić information content (AvgIpc) is 3.22. The number of halogens is 1. The summed E-state index contributed by atoms with van der Waals surface area (Å²) < 4.78 is 41.1. The zero-order valence-electron chi connectivity index (χ0n) is 12.6. The van der Waals surface area contributed by atoms with Crippen LogP contribution >= 0.6 is 0 Å². The Morgan fingerprint density at radius 3 is 2.48 bits per heavy atom. The standard InChI is InChI=1S/C15H22FNO3S/c1-10(2)8-17(13-4-5-13)21(19,20)15-7-12(9-18)6-14(16)11(15)3/h6-7,10,13,18H,4-5,8-9H2,1-3H3. The lowest BCUT2D eigenvalue weighted by Crippen LogP contribution is -2.36. The summed E-state index contributed by atoms with van der Waals surface area (Å²) in [6.45, 7) is 5.43. The maximum absolute atomic E-state index is 13.9. The summed E-state index contributed by atoms with van der Waals surface area (Å²) in [5.41, 5.74) is 0.388. The maximum Gasteiger partial charge on any atom is 0.243 e. The quantitative estimate of drug-likeness (QED) is 0.877. The summed E-state index contributed by atoms with van der Waals surface area (Å²) in [6, 6.07) is 2.58. The van der Waals surface area contributed by atoms with Gasteiger partial charge in [-0.15, -0.1) is 0 Å². The molecule has 1 aromatic carbocycles. The van der Waals surface area contributed by atoms with Gasteiger partial charge in [0.15, 0.2) is 0 Å². The molecular weight excluding hydrogens is 293 g/mol. The van der Waals surface area contributed by atoms with Crippen molar-refractivity contribution in [3.05, 3.63) is 29.1 Å². The third-order valence-electron chi connectivity index (χ3n) is 3.62. The third-order valence-corrected chi connectivity index (χ3v) is 5.67. The van der Waals surface area contributed by atoms with Gasteiger partial charge < -0.3 is 5.11 Å². The SMILES string of the molecule is Cc1c(F)cc(CO)cc1S(=O)(=O)N(CC(C)C)C1CC1. The lowest BCUT2D eigenvalue weighted by Gasteiger charge is -2.25. The Morgan fingerprint density at radius 1 is 1.38 bits per heavy atom. The molecule has 4 nitrogen and oxygen atoms in total. The molecule has 1 N–H and O–H groups in total. The Morgan fingerprint density at radius 2 is 2.00 bits per heavy atom. The van der Waals surface area contributed by atoms with E-state index in [2.05, 4.69) is 0 Å². The summed E-state index contributed by atoms with van der Waals surface area (Å²) in [5, 5.41) is 9.17. The van der Waals surface area contributed by atoms with Crippen molar-refractivity contribution >= 4 is 10.0 Å². The number of sulfonamides is 1. The Bertz CT molecular complexity index is 624. The normalized spacial score (nSPS) is 16.0. The van der Waals surface area contributed by atoms with Gasteiger partial charge in [0.2, 0.25) is 10.0 Å². The van der Waals surface area contributed by atoms with Crippen molar-refractivity contribution in [2.75, 3.05) is 6.54 Å². The first-order valence-corrected chi connectivity index (χ1v) is 8.63. The summed E-state index contributed by atoms with van der Waals surface area (Å²) >= 11 is 0. The van der Waals surface area contributed by atoms with E-state index in [1.165, 1.54) is 23.4 Å². The lowest BCUT2D eigenvalue weighted by molar-refractivity contribution is 0.280. The first-order chi connectivity index (χ1) is 9.77. The highest BCUT2D eigenvalue weighted by Crippen LogP contribution is 2.34. The molecule has 0 spiro atoms. The number of hydrogen-bond donors (Lipinski definition) is 1. The largest absolute Gasteiger partial charge is 0.392 e. The van der Waals surface area contributed by atoms with Gasteiger partial charge in [0.05, 0.1) is 11.5 Å². The molecule has 0 saturated heterocycles. The van der Waals surface area contributed by atoms with Crippen LogP contribution in [0.3, 0.4) is 0 Å². The molecule has 1 fully saturated rings. The van der Waals surface area contributed by atoms with Crippen molar-refractivity contribution < 1.29 is 17.9 Å². The minimum Gasteiger partial charge on any atom is -0.392 e. The third kappa shape index (κ3) is 3.44. The summed E-state index contributed by atoms with van der Waals surface area (Å²) in [7, 11) is -3.74. The highest BCUT2D eigenvalue weighted by molar-refractivity contribution is 7.89. The molecule has 0 atom stereocenters. The maximum atomic E-state index is 13.9. The van der Waals surface area contributed by atoms with Crippen molar-refractivity contribution in [2.24, 2.45) is 5.92 Å². The van der Waals surface area contributed by atoms with Crippen LogP contribution in [0, 0.1) is 18.7 Å². The summed E-state index contributed by atoms with van der Waals surface area (Å²) in [5.74, 6) is -0.396. The molecule has 0 aliphatic heterocycles. The van der Waals surface area contributed by atoms with E-state index in [9.17, 15) is 17.9 Å². The van der Waals surface area contributed by atoms with Gasteiger partial charge in [-0.3, -0.25) is 0 Å². The zero-order valence-corrected chi connectivity index (χ0v) is 13.5. The van der Waals surface area contributed by atoms with E-state index in [1.807, 2.05) is 13.8 Å². The molecule has 0 heterocycles. The van der Waals surface area contributed by atoms with Gasteiger partial charge in [0, 0.05) is 18.2 Å². The molecule has 0 unspecified atom stereocenters. The number of nitrogens with zero attached hydrogens (tertiary/aromatic N) is 1. The number of benzene rings is 1. The monoisotopic (exact) mass is 315 g/mol. The van der Waals surface area contributed by atoms with Crippen LogP contribution < -0.4 is 0 Å². The molecule has 0 aromatic heterocycles. The van der Waals surface area contributed by atoms with Gasteiger partial charge in [-0.2, -0.15) is 4.31 Å². The van der Waals surface area contributed by atoms with E-state index in [4.69, 9.17) is 0 Å². The Labute approximate surface area is 125 Å². The van der Waals surface area contributed by atoms with Crippen molar-refractivity contribution in [1.82, 2.24) is 4.31 Å². The van der Waals surface area contributed by atoms with Gasteiger partial charge in [0.25, 0.3) is 0 Å². The Hall–Kier alpha value is -0.980. The van der Waals surface area contributed by atoms with Crippen LogP contribution in [0.5, 0.6) is 0 Å². The summed E-state index contributed by atoms with van der Waals surface area (Å²) in [6.07, 6.45) is 1.71. The highest BCUT2D eigenvalue weighted by Gasteiger charge is 2.39. The van der Waals surface area contributed by atoms with Gasteiger partial charge >= 0.3 is 0 Å². The first kappa shape index (κ1) is 16.4. The van der Waals surface area contributed by atoms with Crippen LogP contribution in [-0.2, 0) is 16.6 Å². The lowest BCUT2D eigenvalue weighted by atomic mass is 10.1. The highest BCUT2D eigenvalue weighted by atomic mass is 32.2. The second-order valence-electron chi connectivity index (χ2n) is 6.06. The topological polar surface area (TPSA) is 57.6 Å². The smallest absolute Gasteiger partial charge is 0.243 e. The molecule has 1 aromatic rings. The van der Waals surface area contributed by atoms with Crippen molar-refractivity contribution in [2.45, 2.75) is 51.2 Å². The van der Waals surface area contributed by atoms with Crippen LogP contribution in [0.4, 0.5) is 4.39 Å². The van der Waals surface area contributed by atoms with Crippen LogP contribution in [0.15, 0.2) is 17.0 Å². The molecule has 118 valence electrons. The second-order valence-corrected chi connectivity index (χ2v) is 7.92. The van der Waals surface area contributed by atoms with Crippen LogP contribution in [0.2, 0.25) is 0 Å². The predicted molar refractivity (Wildman–Crippen MR) is 78.8 cm³/mol. The fraction of sp³-hybridized carbons (Fsp3) is 0.600. The average molecular weight is 315 g/mol. The molecule has 6 heteroatoms. The molecule has 1 saturated carbocycles. The molecule has 0 amide bonds. The molecular formula is C15H22FNO3S. The zero-order chi connectivity index (χ0) is 15.8. The number of aliphatic hydroxyl groups excluding tert-OH is 1. The second kappa shape index (κ2) is 6.02. The van der Waals surface area contributed by atoms with Gasteiger partial charge in [-0.1, -0.05) is 13.8 Å². The molecule has 0 radical (unpaired) electrons. The van der Waals surface area contributed by atoms with Gasteiger partial charge in [-0.05, 0) is 43.4 Å². The van der Waals surface area contributed by atoms with Crippen LogP contribution in [-0.4, -0.2) is 30.4 Å². The fourth-order valence-electron chi connectivity index (χ4n) is 2.36. The van der Waals surface area contributed by atoms with E-state index in [0.29, 0.717) is 6.54 Å². The minimum absolute atomic E-state index is 0.0256.